The SMILES string of the molecule is CC(C)(C)OC(=O)N[C@@H](Cc1ccc(CCC(=O)N2CCOCC2)cc1)C(=O)O. The molecule has 29 heavy (non-hydrogen) atoms. The molecule has 1 atom stereocenters. The normalized spacial score (nSPS) is 15.5. The number of carboxylic acids is 1. The van der Waals surface area contributed by atoms with Crippen LogP contribution in [-0.4, -0.2) is 65.9 Å². The van der Waals surface area contributed by atoms with E-state index in [9.17, 15) is 19.5 Å². The zero-order chi connectivity index (χ0) is 21.4. The quantitative estimate of drug-likeness (QED) is 0.718. The summed E-state index contributed by atoms with van der Waals surface area (Å²) >= 11 is 0. The second-order valence-electron chi connectivity index (χ2n) is 8.05. The molecule has 0 aromatic heterocycles. The topological polar surface area (TPSA) is 105 Å². The molecule has 2 rings (SSSR count). The number of nitrogens with one attached hydrogen (secondary N) is 1. The molecule has 0 spiro atoms. The number of amides is 2. The minimum Gasteiger partial charge on any atom is -0.480 e. The molecule has 1 aliphatic heterocycles. The van der Waals surface area contributed by atoms with Crippen molar-refractivity contribution in [1.29, 1.82) is 0 Å². The highest BCUT2D eigenvalue weighted by Gasteiger charge is 2.24. The van der Waals surface area contributed by atoms with E-state index < -0.39 is 23.7 Å². The van der Waals surface area contributed by atoms with Crippen LogP contribution >= 0.6 is 0 Å². The van der Waals surface area contributed by atoms with Crippen LogP contribution in [0.3, 0.4) is 0 Å². The highest BCUT2D eigenvalue weighted by atomic mass is 16.6. The van der Waals surface area contributed by atoms with Gasteiger partial charge in [0.05, 0.1) is 13.2 Å². The molecule has 0 aliphatic carbocycles. The van der Waals surface area contributed by atoms with Gasteiger partial charge in [-0.15, -0.1) is 0 Å². The second-order valence-corrected chi connectivity index (χ2v) is 8.05. The minimum atomic E-state index is -1.13. The Balaban J connectivity index is 1.86. The number of carboxylic acid groups (broad SMARTS) is 1. The van der Waals surface area contributed by atoms with Crippen molar-refractivity contribution in [3.05, 3.63) is 35.4 Å². The van der Waals surface area contributed by atoms with Gasteiger partial charge in [-0.2, -0.15) is 0 Å². The van der Waals surface area contributed by atoms with Crippen molar-refractivity contribution >= 4 is 18.0 Å². The Morgan fingerprint density at radius 3 is 2.28 bits per heavy atom. The molecular weight excluding hydrogens is 376 g/mol. The first kappa shape index (κ1) is 22.7. The van der Waals surface area contributed by atoms with Gasteiger partial charge in [0.25, 0.3) is 0 Å². The third kappa shape index (κ3) is 8.11. The Kier molecular flexibility index (Phi) is 8.01. The fourth-order valence-corrected chi connectivity index (χ4v) is 2.95. The number of hydrogen-bond donors (Lipinski definition) is 2. The maximum Gasteiger partial charge on any atom is 0.408 e. The van der Waals surface area contributed by atoms with Crippen LogP contribution in [0.2, 0.25) is 0 Å². The minimum absolute atomic E-state index is 0.116. The van der Waals surface area contributed by atoms with Crippen LogP contribution in [0.15, 0.2) is 24.3 Å². The summed E-state index contributed by atoms with van der Waals surface area (Å²) in [4.78, 5) is 37.4. The van der Waals surface area contributed by atoms with Gasteiger partial charge < -0.3 is 24.8 Å². The molecule has 1 fully saturated rings. The van der Waals surface area contributed by atoms with Crippen LogP contribution < -0.4 is 5.32 Å². The molecule has 1 saturated heterocycles. The molecule has 2 N–H and O–H groups in total. The summed E-state index contributed by atoms with van der Waals surface area (Å²) in [6.07, 6.45) is 0.427. The lowest BCUT2D eigenvalue weighted by molar-refractivity contribution is -0.139. The first-order valence-corrected chi connectivity index (χ1v) is 9.80. The zero-order valence-electron chi connectivity index (χ0n) is 17.3. The van der Waals surface area contributed by atoms with E-state index in [4.69, 9.17) is 9.47 Å². The monoisotopic (exact) mass is 406 g/mol. The molecule has 0 radical (unpaired) electrons. The number of aliphatic carboxylic acids is 1. The van der Waals surface area contributed by atoms with Gasteiger partial charge in [0.1, 0.15) is 11.6 Å². The second kappa shape index (κ2) is 10.2. The van der Waals surface area contributed by atoms with Gasteiger partial charge in [0, 0.05) is 25.9 Å². The number of nitrogens with zero attached hydrogens (tertiary/aromatic N) is 1. The molecule has 1 aromatic carbocycles. The average molecular weight is 406 g/mol. The van der Waals surface area contributed by atoms with E-state index in [1.165, 1.54) is 0 Å². The van der Waals surface area contributed by atoms with E-state index in [0.717, 1.165) is 11.1 Å². The largest absolute Gasteiger partial charge is 0.480 e. The van der Waals surface area contributed by atoms with Gasteiger partial charge in [-0.1, -0.05) is 24.3 Å². The van der Waals surface area contributed by atoms with Gasteiger partial charge in [-0.3, -0.25) is 4.79 Å². The molecular formula is C21H30N2O6. The number of rotatable bonds is 7. The molecule has 1 aliphatic rings. The van der Waals surface area contributed by atoms with Gasteiger partial charge in [0.2, 0.25) is 5.91 Å². The summed E-state index contributed by atoms with van der Waals surface area (Å²) in [6, 6.07) is 6.32. The van der Waals surface area contributed by atoms with Gasteiger partial charge >= 0.3 is 12.1 Å². The van der Waals surface area contributed by atoms with E-state index in [-0.39, 0.29) is 12.3 Å². The molecule has 0 saturated carbocycles. The van der Waals surface area contributed by atoms with E-state index in [1.807, 2.05) is 29.2 Å². The highest BCUT2D eigenvalue weighted by Crippen LogP contribution is 2.12. The van der Waals surface area contributed by atoms with Crippen LogP contribution in [0.4, 0.5) is 4.79 Å². The smallest absolute Gasteiger partial charge is 0.408 e. The fourth-order valence-electron chi connectivity index (χ4n) is 2.95. The molecule has 2 amide bonds. The first-order chi connectivity index (χ1) is 13.6. The molecule has 1 heterocycles. The summed E-state index contributed by atoms with van der Waals surface area (Å²) in [5.74, 6) is -1.01. The van der Waals surface area contributed by atoms with Crippen molar-refractivity contribution < 1.29 is 29.0 Å². The summed E-state index contributed by atoms with van der Waals surface area (Å²) in [5, 5.41) is 11.8. The van der Waals surface area contributed by atoms with Gasteiger partial charge in [-0.05, 0) is 38.3 Å². The Morgan fingerprint density at radius 1 is 1.14 bits per heavy atom. The maximum absolute atomic E-state index is 12.2. The predicted molar refractivity (Wildman–Crippen MR) is 107 cm³/mol. The fraction of sp³-hybridized carbons (Fsp3) is 0.571. The number of carbonyl (C=O) groups excluding carboxylic acids is 2. The van der Waals surface area contributed by atoms with Crippen molar-refractivity contribution in [3.8, 4) is 0 Å². The first-order valence-electron chi connectivity index (χ1n) is 9.80. The maximum atomic E-state index is 12.2. The average Bonchev–Trinajstić information content (AvgIpc) is 2.65. The molecule has 160 valence electrons. The summed E-state index contributed by atoms with van der Waals surface area (Å²) in [5.41, 5.74) is 1.08. The summed E-state index contributed by atoms with van der Waals surface area (Å²) in [7, 11) is 0. The number of hydrogen-bond acceptors (Lipinski definition) is 5. The third-order valence-corrected chi connectivity index (χ3v) is 4.44. The van der Waals surface area contributed by atoms with Crippen molar-refractivity contribution in [2.75, 3.05) is 26.3 Å². The Morgan fingerprint density at radius 2 is 1.72 bits per heavy atom. The molecule has 0 bridgehead atoms. The van der Waals surface area contributed by atoms with Crippen molar-refractivity contribution in [3.63, 3.8) is 0 Å². The Bertz CT molecular complexity index is 705. The number of carbonyl (C=O) groups is 3. The molecule has 8 nitrogen and oxygen atoms in total. The number of aryl methyl sites for hydroxylation is 1. The Hall–Kier alpha value is -2.61. The van der Waals surface area contributed by atoms with Crippen LogP contribution in [0, 0.1) is 0 Å². The van der Waals surface area contributed by atoms with Crippen LogP contribution in [0.5, 0.6) is 0 Å². The van der Waals surface area contributed by atoms with Crippen molar-refractivity contribution in [2.45, 2.75) is 51.7 Å². The lowest BCUT2D eigenvalue weighted by Crippen LogP contribution is -2.44. The van der Waals surface area contributed by atoms with E-state index in [2.05, 4.69) is 5.32 Å². The van der Waals surface area contributed by atoms with Gasteiger partial charge in [0.15, 0.2) is 0 Å². The molecule has 8 heteroatoms. The highest BCUT2D eigenvalue weighted by molar-refractivity contribution is 5.80. The van der Waals surface area contributed by atoms with Crippen molar-refractivity contribution in [2.24, 2.45) is 0 Å². The van der Waals surface area contributed by atoms with E-state index >= 15 is 0 Å². The number of morpholine rings is 1. The van der Waals surface area contributed by atoms with Crippen molar-refractivity contribution in [1.82, 2.24) is 10.2 Å². The molecule has 0 unspecified atom stereocenters. The lowest BCUT2D eigenvalue weighted by Gasteiger charge is -2.26. The van der Waals surface area contributed by atoms with E-state index in [1.54, 1.807) is 20.8 Å². The zero-order valence-corrected chi connectivity index (χ0v) is 17.3. The molecule has 1 aromatic rings. The standard InChI is InChI=1S/C21H30N2O6/c1-21(2,3)29-20(27)22-17(19(25)26)14-16-6-4-15(5-7-16)8-9-18(24)23-10-12-28-13-11-23/h4-7,17H,8-14H2,1-3H3,(H,22,27)(H,25,26)/t17-/m0/s1. The summed E-state index contributed by atoms with van der Waals surface area (Å²) in [6.45, 7) is 7.59. The third-order valence-electron chi connectivity index (χ3n) is 4.44. The van der Waals surface area contributed by atoms with Crippen LogP contribution in [0.25, 0.3) is 0 Å². The number of alkyl carbamates (subject to hydrolysis) is 1. The van der Waals surface area contributed by atoms with Crippen LogP contribution in [-0.2, 0) is 31.9 Å². The predicted octanol–water partition coefficient (Wildman–Crippen LogP) is 2.00. The lowest BCUT2D eigenvalue weighted by atomic mass is 10.0. The number of ether oxygens (including phenoxy) is 2. The Labute approximate surface area is 171 Å². The van der Waals surface area contributed by atoms with Gasteiger partial charge in [-0.25, -0.2) is 9.59 Å². The van der Waals surface area contributed by atoms with Crippen LogP contribution in [0.1, 0.15) is 38.3 Å². The van der Waals surface area contributed by atoms with E-state index in [0.29, 0.717) is 39.1 Å². The summed E-state index contributed by atoms with van der Waals surface area (Å²) < 4.78 is 10.4. The number of benzene rings is 1.